The van der Waals surface area contributed by atoms with Crippen molar-refractivity contribution in [2.75, 3.05) is 29.5 Å². The standard InChI is InChI=1S/C16H16F2N2O4S/c1-24-13-6-4-12(5-7-13)20(25(2,22)23)10-16(21)19-15-8-3-11(17)9-14(15)18/h3-9H,10H2,1-2H3,(H,19,21). The van der Waals surface area contributed by atoms with Crippen molar-refractivity contribution in [2.45, 2.75) is 0 Å². The quantitative estimate of drug-likeness (QED) is 0.847. The number of hydrogen-bond acceptors (Lipinski definition) is 4. The highest BCUT2D eigenvalue weighted by Crippen LogP contribution is 2.22. The van der Waals surface area contributed by atoms with Crippen molar-refractivity contribution in [2.24, 2.45) is 0 Å². The fourth-order valence-electron chi connectivity index (χ4n) is 2.06. The van der Waals surface area contributed by atoms with E-state index in [-0.39, 0.29) is 11.4 Å². The second-order valence-electron chi connectivity index (χ2n) is 5.14. The topological polar surface area (TPSA) is 75.7 Å². The van der Waals surface area contributed by atoms with Crippen LogP contribution in [0.1, 0.15) is 0 Å². The number of benzene rings is 2. The van der Waals surface area contributed by atoms with Crippen LogP contribution >= 0.6 is 0 Å². The molecule has 0 unspecified atom stereocenters. The van der Waals surface area contributed by atoms with Gasteiger partial charge in [0.2, 0.25) is 15.9 Å². The molecule has 0 fully saturated rings. The van der Waals surface area contributed by atoms with Gasteiger partial charge in [-0.05, 0) is 36.4 Å². The third kappa shape index (κ3) is 4.90. The lowest BCUT2D eigenvalue weighted by atomic mass is 10.3. The maximum atomic E-state index is 13.6. The number of carbonyl (C=O) groups excluding carboxylic acids is 1. The molecule has 0 saturated heterocycles. The third-order valence-corrected chi connectivity index (χ3v) is 4.39. The van der Waals surface area contributed by atoms with E-state index in [1.165, 1.54) is 19.2 Å². The fraction of sp³-hybridized carbons (Fsp3) is 0.188. The Labute approximate surface area is 144 Å². The summed E-state index contributed by atoms with van der Waals surface area (Å²) in [5.41, 5.74) is 0.00705. The first kappa shape index (κ1) is 18.7. The lowest BCUT2D eigenvalue weighted by Crippen LogP contribution is -2.37. The SMILES string of the molecule is COc1ccc(N(CC(=O)Nc2ccc(F)cc2F)S(C)(=O)=O)cc1. The Morgan fingerprint density at radius 2 is 1.80 bits per heavy atom. The van der Waals surface area contributed by atoms with Gasteiger partial charge in [0, 0.05) is 6.07 Å². The zero-order valence-corrected chi connectivity index (χ0v) is 14.3. The van der Waals surface area contributed by atoms with Crippen molar-refractivity contribution in [1.82, 2.24) is 0 Å². The maximum Gasteiger partial charge on any atom is 0.245 e. The Hall–Kier alpha value is -2.68. The van der Waals surface area contributed by atoms with Crippen molar-refractivity contribution in [3.63, 3.8) is 0 Å². The summed E-state index contributed by atoms with van der Waals surface area (Å²) in [5, 5.41) is 2.22. The average Bonchev–Trinajstić information content (AvgIpc) is 2.54. The van der Waals surface area contributed by atoms with Gasteiger partial charge < -0.3 is 10.1 Å². The van der Waals surface area contributed by atoms with E-state index in [0.717, 1.165) is 22.7 Å². The van der Waals surface area contributed by atoms with Gasteiger partial charge in [-0.3, -0.25) is 9.10 Å². The Morgan fingerprint density at radius 3 is 2.32 bits per heavy atom. The van der Waals surface area contributed by atoms with Gasteiger partial charge in [-0.1, -0.05) is 0 Å². The van der Waals surface area contributed by atoms with Gasteiger partial charge in [0.1, 0.15) is 23.9 Å². The lowest BCUT2D eigenvalue weighted by molar-refractivity contribution is -0.114. The van der Waals surface area contributed by atoms with E-state index >= 15 is 0 Å². The van der Waals surface area contributed by atoms with Gasteiger partial charge in [-0.2, -0.15) is 0 Å². The molecule has 0 heterocycles. The number of sulfonamides is 1. The highest BCUT2D eigenvalue weighted by Gasteiger charge is 2.21. The largest absolute Gasteiger partial charge is 0.497 e. The number of ether oxygens (including phenoxy) is 1. The molecule has 2 aromatic rings. The van der Waals surface area contributed by atoms with E-state index in [9.17, 15) is 22.0 Å². The molecule has 25 heavy (non-hydrogen) atoms. The predicted molar refractivity (Wildman–Crippen MR) is 90.2 cm³/mol. The number of hydrogen-bond donors (Lipinski definition) is 1. The minimum absolute atomic E-state index is 0.241. The molecule has 1 N–H and O–H groups in total. The molecule has 0 bridgehead atoms. The molecular weight excluding hydrogens is 354 g/mol. The van der Waals surface area contributed by atoms with Gasteiger partial charge in [-0.25, -0.2) is 17.2 Å². The van der Waals surface area contributed by atoms with Crippen LogP contribution in [0.25, 0.3) is 0 Å². The number of methoxy groups -OCH3 is 1. The Morgan fingerprint density at radius 1 is 1.16 bits per heavy atom. The van der Waals surface area contributed by atoms with E-state index in [1.807, 2.05) is 0 Å². The van der Waals surface area contributed by atoms with Crippen LogP contribution in [0.2, 0.25) is 0 Å². The molecule has 134 valence electrons. The van der Waals surface area contributed by atoms with Crippen LogP contribution in [0, 0.1) is 11.6 Å². The molecule has 9 heteroatoms. The monoisotopic (exact) mass is 370 g/mol. The molecule has 2 aromatic carbocycles. The number of rotatable bonds is 6. The molecule has 0 aromatic heterocycles. The summed E-state index contributed by atoms with van der Waals surface area (Å²) in [7, 11) is -2.30. The smallest absolute Gasteiger partial charge is 0.245 e. The number of halogens is 2. The van der Waals surface area contributed by atoms with Crippen LogP contribution in [0.4, 0.5) is 20.2 Å². The van der Waals surface area contributed by atoms with Crippen LogP contribution in [-0.4, -0.2) is 34.2 Å². The Kier molecular flexibility index (Phi) is 5.58. The number of amides is 1. The zero-order valence-electron chi connectivity index (χ0n) is 13.5. The fourth-order valence-corrected chi connectivity index (χ4v) is 2.92. The first-order valence-corrected chi connectivity index (χ1v) is 8.92. The predicted octanol–water partition coefficient (Wildman–Crippen LogP) is 2.38. The van der Waals surface area contributed by atoms with Crippen molar-refractivity contribution in [3.8, 4) is 5.75 Å². The molecule has 0 aliphatic rings. The maximum absolute atomic E-state index is 13.6. The molecular formula is C16H16F2N2O4S. The van der Waals surface area contributed by atoms with E-state index in [4.69, 9.17) is 4.74 Å². The third-order valence-electron chi connectivity index (χ3n) is 3.25. The number of carbonyl (C=O) groups is 1. The highest BCUT2D eigenvalue weighted by atomic mass is 32.2. The van der Waals surface area contributed by atoms with E-state index in [2.05, 4.69) is 5.32 Å². The molecule has 0 radical (unpaired) electrons. The normalized spacial score (nSPS) is 11.0. The second-order valence-corrected chi connectivity index (χ2v) is 7.05. The van der Waals surface area contributed by atoms with Gasteiger partial charge in [0.05, 0.1) is 24.7 Å². The number of nitrogens with zero attached hydrogens (tertiary/aromatic N) is 1. The lowest BCUT2D eigenvalue weighted by Gasteiger charge is -2.22. The Bertz CT molecular complexity index is 870. The minimum Gasteiger partial charge on any atom is -0.497 e. The van der Waals surface area contributed by atoms with Crippen LogP contribution in [0.5, 0.6) is 5.75 Å². The second kappa shape index (κ2) is 7.47. The molecule has 0 spiro atoms. The van der Waals surface area contributed by atoms with Gasteiger partial charge in [0.25, 0.3) is 0 Å². The van der Waals surface area contributed by atoms with Crippen molar-refractivity contribution < 1.29 is 26.7 Å². The molecule has 2 rings (SSSR count). The summed E-state index contributed by atoms with van der Waals surface area (Å²) in [5.74, 6) is -1.99. The zero-order chi connectivity index (χ0) is 18.6. The van der Waals surface area contributed by atoms with Gasteiger partial charge in [-0.15, -0.1) is 0 Å². The molecule has 1 amide bonds. The van der Waals surface area contributed by atoms with E-state index in [0.29, 0.717) is 11.8 Å². The average molecular weight is 370 g/mol. The highest BCUT2D eigenvalue weighted by molar-refractivity contribution is 7.92. The summed E-state index contributed by atoms with van der Waals surface area (Å²) >= 11 is 0. The summed E-state index contributed by atoms with van der Waals surface area (Å²) < 4.78 is 56.3. The molecule has 0 aliphatic carbocycles. The number of anilines is 2. The van der Waals surface area contributed by atoms with Crippen molar-refractivity contribution >= 4 is 27.3 Å². The van der Waals surface area contributed by atoms with Crippen molar-refractivity contribution in [3.05, 3.63) is 54.1 Å². The molecule has 6 nitrogen and oxygen atoms in total. The first-order chi connectivity index (χ1) is 11.7. The van der Waals surface area contributed by atoms with Gasteiger partial charge >= 0.3 is 0 Å². The van der Waals surface area contributed by atoms with Crippen LogP contribution in [-0.2, 0) is 14.8 Å². The van der Waals surface area contributed by atoms with E-state index in [1.54, 1.807) is 12.1 Å². The molecule has 0 aliphatic heterocycles. The van der Waals surface area contributed by atoms with Gasteiger partial charge in [0.15, 0.2) is 0 Å². The Balaban J connectivity index is 2.20. The summed E-state index contributed by atoms with van der Waals surface area (Å²) in [6, 6.07) is 8.71. The minimum atomic E-state index is -3.76. The first-order valence-electron chi connectivity index (χ1n) is 7.07. The van der Waals surface area contributed by atoms with E-state index < -0.39 is 34.1 Å². The number of nitrogens with one attached hydrogen (secondary N) is 1. The van der Waals surface area contributed by atoms with Crippen LogP contribution in [0.15, 0.2) is 42.5 Å². The van der Waals surface area contributed by atoms with Crippen LogP contribution in [0.3, 0.4) is 0 Å². The summed E-state index contributed by atoms with van der Waals surface area (Å²) in [6.07, 6.45) is 0.947. The molecule has 0 atom stereocenters. The van der Waals surface area contributed by atoms with Crippen molar-refractivity contribution in [1.29, 1.82) is 0 Å². The summed E-state index contributed by atoms with van der Waals surface area (Å²) in [4.78, 5) is 12.1. The summed E-state index contributed by atoms with van der Waals surface area (Å²) in [6.45, 7) is -0.567. The molecule has 0 saturated carbocycles. The van der Waals surface area contributed by atoms with Crippen LogP contribution < -0.4 is 14.4 Å².